The summed E-state index contributed by atoms with van der Waals surface area (Å²) in [4.78, 5) is 5.95. The van der Waals surface area contributed by atoms with Gasteiger partial charge in [-0.1, -0.05) is 6.92 Å². The van der Waals surface area contributed by atoms with Gasteiger partial charge in [-0.2, -0.15) is 13.2 Å². The van der Waals surface area contributed by atoms with E-state index in [0.717, 1.165) is 24.2 Å². The molecular weight excluding hydrogens is 279 g/mol. The van der Waals surface area contributed by atoms with Crippen LogP contribution in [0.3, 0.4) is 0 Å². The zero-order valence-corrected chi connectivity index (χ0v) is 12.3. The standard InChI is InChI=1S/C15H22F3N3/c1-2-6-19-9-12-10-20-7-5-14(12)21-8-3-4-13(11-21)15(16,17)18/h5,7,10,13,19H,2-4,6,8-9,11H2,1H3. The third-order valence-corrected chi connectivity index (χ3v) is 3.85. The lowest BCUT2D eigenvalue weighted by atomic mass is 9.96. The number of anilines is 1. The predicted molar refractivity (Wildman–Crippen MR) is 77.2 cm³/mol. The third-order valence-electron chi connectivity index (χ3n) is 3.85. The molecule has 1 aliphatic heterocycles. The third kappa shape index (κ3) is 4.33. The first kappa shape index (κ1) is 16.1. The summed E-state index contributed by atoms with van der Waals surface area (Å²) >= 11 is 0. The lowest BCUT2D eigenvalue weighted by Gasteiger charge is -2.36. The first-order valence-electron chi connectivity index (χ1n) is 7.47. The largest absolute Gasteiger partial charge is 0.393 e. The molecular formula is C15H22F3N3. The van der Waals surface area contributed by atoms with Crippen LogP contribution >= 0.6 is 0 Å². The van der Waals surface area contributed by atoms with E-state index in [0.29, 0.717) is 19.5 Å². The van der Waals surface area contributed by atoms with E-state index in [4.69, 9.17) is 0 Å². The topological polar surface area (TPSA) is 28.2 Å². The van der Waals surface area contributed by atoms with Gasteiger partial charge in [0.1, 0.15) is 0 Å². The van der Waals surface area contributed by atoms with Crippen LogP contribution in [0.25, 0.3) is 0 Å². The van der Waals surface area contributed by atoms with Gasteiger partial charge in [-0.3, -0.25) is 4.98 Å². The number of rotatable bonds is 5. The molecule has 2 rings (SSSR count). The highest BCUT2D eigenvalue weighted by Crippen LogP contribution is 2.35. The lowest BCUT2D eigenvalue weighted by Crippen LogP contribution is -2.42. The Kier molecular flexibility index (Phi) is 5.45. The Morgan fingerprint density at radius 2 is 2.24 bits per heavy atom. The van der Waals surface area contributed by atoms with Crippen molar-refractivity contribution in [3.8, 4) is 0 Å². The Morgan fingerprint density at radius 3 is 2.95 bits per heavy atom. The van der Waals surface area contributed by atoms with Crippen LogP contribution in [0.1, 0.15) is 31.7 Å². The van der Waals surface area contributed by atoms with Crippen LogP contribution in [-0.4, -0.2) is 30.8 Å². The zero-order valence-electron chi connectivity index (χ0n) is 12.3. The van der Waals surface area contributed by atoms with Gasteiger partial charge in [-0.15, -0.1) is 0 Å². The summed E-state index contributed by atoms with van der Waals surface area (Å²) in [7, 11) is 0. The van der Waals surface area contributed by atoms with Crippen LogP contribution in [-0.2, 0) is 6.54 Å². The Hall–Kier alpha value is -1.30. The Bertz CT molecular complexity index is 448. The number of piperidine rings is 1. The molecule has 0 amide bonds. The molecule has 1 atom stereocenters. The Labute approximate surface area is 123 Å². The molecule has 1 unspecified atom stereocenters. The molecule has 0 aliphatic carbocycles. The van der Waals surface area contributed by atoms with E-state index in [1.165, 1.54) is 0 Å². The van der Waals surface area contributed by atoms with Crippen molar-refractivity contribution in [1.82, 2.24) is 10.3 Å². The van der Waals surface area contributed by atoms with Crippen molar-refractivity contribution in [2.45, 2.75) is 38.9 Å². The molecule has 118 valence electrons. The fourth-order valence-corrected chi connectivity index (χ4v) is 2.73. The molecule has 1 N–H and O–H groups in total. The number of aromatic nitrogens is 1. The van der Waals surface area contributed by atoms with E-state index >= 15 is 0 Å². The number of halogens is 3. The van der Waals surface area contributed by atoms with Crippen LogP contribution in [0, 0.1) is 5.92 Å². The Morgan fingerprint density at radius 1 is 1.43 bits per heavy atom. The van der Waals surface area contributed by atoms with Gasteiger partial charge in [0.25, 0.3) is 0 Å². The van der Waals surface area contributed by atoms with Gasteiger partial charge in [0.2, 0.25) is 0 Å². The van der Waals surface area contributed by atoms with E-state index in [1.54, 1.807) is 12.4 Å². The Balaban J connectivity index is 2.10. The summed E-state index contributed by atoms with van der Waals surface area (Å²) in [6.07, 6.45) is 1.12. The average Bonchev–Trinajstić information content (AvgIpc) is 2.47. The lowest BCUT2D eigenvalue weighted by molar-refractivity contribution is -0.176. The van der Waals surface area contributed by atoms with Gasteiger partial charge in [-0.05, 0) is 31.9 Å². The minimum absolute atomic E-state index is 0.0499. The molecule has 0 aromatic carbocycles. The molecule has 0 spiro atoms. The fourth-order valence-electron chi connectivity index (χ4n) is 2.73. The molecule has 1 aromatic heterocycles. The van der Waals surface area contributed by atoms with E-state index in [2.05, 4.69) is 17.2 Å². The summed E-state index contributed by atoms with van der Waals surface area (Å²) in [5.41, 5.74) is 1.84. The van der Waals surface area contributed by atoms with Gasteiger partial charge in [0.05, 0.1) is 5.92 Å². The second-order valence-electron chi connectivity index (χ2n) is 5.51. The summed E-state index contributed by atoms with van der Waals surface area (Å²) < 4.78 is 38.8. The van der Waals surface area contributed by atoms with Crippen LogP contribution in [0.5, 0.6) is 0 Å². The summed E-state index contributed by atoms with van der Waals surface area (Å²) in [5.74, 6) is -1.23. The molecule has 0 radical (unpaired) electrons. The quantitative estimate of drug-likeness (QED) is 0.845. The normalized spacial score (nSPS) is 19.8. The number of nitrogens with zero attached hydrogens (tertiary/aromatic N) is 2. The van der Waals surface area contributed by atoms with Crippen LogP contribution in [0.2, 0.25) is 0 Å². The van der Waals surface area contributed by atoms with Crippen LogP contribution < -0.4 is 10.2 Å². The number of pyridine rings is 1. The summed E-state index contributed by atoms with van der Waals surface area (Å²) in [6, 6.07) is 1.82. The van der Waals surface area contributed by atoms with Gasteiger partial charge >= 0.3 is 6.18 Å². The second kappa shape index (κ2) is 7.11. The van der Waals surface area contributed by atoms with Crippen molar-refractivity contribution in [3.05, 3.63) is 24.0 Å². The van der Waals surface area contributed by atoms with Gasteiger partial charge in [0.15, 0.2) is 0 Å². The highest BCUT2D eigenvalue weighted by Gasteiger charge is 2.42. The molecule has 1 saturated heterocycles. The first-order chi connectivity index (χ1) is 10.0. The van der Waals surface area contributed by atoms with Crippen molar-refractivity contribution in [2.24, 2.45) is 5.92 Å². The number of hydrogen-bond acceptors (Lipinski definition) is 3. The number of nitrogens with one attached hydrogen (secondary N) is 1. The molecule has 2 heterocycles. The maximum absolute atomic E-state index is 12.9. The number of alkyl halides is 3. The molecule has 3 nitrogen and oxygen atoms in total. The molecule has 1 aromatic rings. The van der Waals surface area contributed by atoms with Crippen molar-refractivity contribution in [1.29, 1.82) is 0 Å². The molecule has 1 aliphatic rings. The highest BCUT2D eigenvalue weighted by molar-refractivity contribution is 5.52. The molecule has 0 bridgehead atoms. The molecule has 0 saturated carbocycles. The molecule has 6 heteroatoms. The zero-order chi connectivity index (χ0) is 15.3. The minimum Gasteiger partial charge on any atom is -0.371 e. The average molecular weight is 301 g/mol. The number of hydrogen-bond donors (Lipinski definition) is 1. The maximum atomic E-state index is 12.9. The minimum atomic E-state index is -4.10. The summed E-state index contributed by atoms with van der Waals surface area (Å²) in [6.45, 7) is 4.34. The van der Waals surface area contributed by atoms with E-state index < -0.39 is 12.1 Å². The summed E-state index contributed by atoms with van der Waals surface area (Å²) in [5, 5.41) is 3.28. The molecule has 1 fully saturated rings. The highest BCUT2D eigenvalue weighted by atomic mass is 19.4. The van der Waals surface area contributed by atoms with Crippen LogP contribution in [0.4, 0.5) is 18.9 Å². The smallest absolute Gasteiger partial charge is 0.371 e. The maximum Gasteiger partial charge on any atom is 0.393 e. The van der Waals surface area contributed by atoms with Crippen molar-refractivity contribution < 1.29 is 13.2 Å². The van der Waals surface area contributed by atoms with Gasteiger partial charge < -0.3 is 10.2 Å². The van der Waals surface area contributed by atoms with E-state index in [9.17, 15) is 13.2 Å². The van der Waals surface area contributed by atoms with Crippen molar-refractivity contribution in [3.63, 3.8) is 0 Å². The van der Waals surface area contributed by atoms with Crippen LogP contribution in [0.15, 0.2) is 18.5 Å². The van der Waals surface area contributed by atoms with Crippen molar-refractivity contribution >= 4 is 5.69 Å². The van der Waals surface area contributed by atoms with E-state index in [-0.39, 0.29) is 13.0 Å². The SMILES string of the molecule is CCCNCc1cnccc1N1CCCC(C(F)(F)F)C1. The predicted octanol–water partition coefficient (Wildman–Crippen LogP) is 3.36. The second-order valence-corrected chi connectivity index (χ2v) is 5.51. The molecule has 21 heavy (non-hydrogen) atoms. The van der Waals surface area contributed by atoms with E-state index in [1.807, 2.05) is 11.0 Å². The first-order valence-corrected chi connectivity index (χ1v) is 7.47. The van der Waals surface area contributed by atoms with Crippen molar-refractivity contribution in [2.75, 3.05) is 24.5 Å². The monoisotopic (exact) mass is 301 g/mol. The fraction of sp³-hybridized carbons (Fsp3) is 0.667. The van der Waals surface area contributed by atoms with Gasteiger partial charge in [-0.25, -0.2) is 0 Å². The van der Waals surface area contributed by atoms with Gasteiger partial charge in [0, 0.05) is 43.3 Å².